The van der Waals surface area contributed by atoms with E-state index in [1.54, 1.807) is 6.92 Å². The van der Waals surface area contributed by atoms with Crippen molar-refractivity contribution in [1.82, 2.24) is 19.8 Å². The zero-order valence-corrected chi connectivity index (χ0v) is 32.3. The number of nitrogens with zero attached hydrogens (tertiary/aromatic N) is 3. The van der Waals surface area contributed by atoms with Crippen molar-refractivity contribution >= 4 is 8.53 Å². The van der Waals surface area contributed by atoms with Crippen molar-refractivity contribution in [3.63, 3.8) is 0 Å². The van der Waals surface area contributed by atoms with Crippen LogP contribution in [0, 0.1) is 18.3 Å². The number of piperidine rings is 1. The molecule has 4 aromatic rings. The van der Waals surface area contributed by atoms with Crippen LogP contribution in [0.4, 0.5) is 0 Å². The topological polar surface area (TPSA) is 159 Å². The molecule has 4 atom stereocenters. The van der Waals surface area contributed by atoms with Crippen LogP contribution in [0.25, 0.3) is 0 Å². The number of aromatic amines is 1. The quantitative estimate of drug-likeness (QED) is 0.104. The van der Waals surface area contributed by atoms with Gasteiger partial charge in [-0.3, -0.25) is 30.1 Å². The molecular formula is C41H53N6O5P. The molecule has 2 saturated heterocycles. The first-order valence-electron chi connectivity index (χ1n) is 18.2. The number of likely N-dealkylation sites (tertiary alicyclic amines) is 1. The molecule has 0 radical (unpaired) electrons. The molecule has 282 valence electrons. The van der Waals surface area contributed by atoms with Crippen LogP contribution in [-0.4, -0.2) is 55.7 Å². The Morgan fingerprint density at radius 3 is 1.94 bits per heavy atom. The highest BCUT2D eigenvalue weighted by molar-refractivity contribution is 7.43. The van der Waals surface area contributed by atoms with E-state index < -0.39 is 37.6 Å². The van der Waals surface area contributed by atoms with E-state index in [0.29, 0.717) is 18.4 Å². The van der Waals surface area contributed by atoms with Gasteiger partial charge in [-0.05, 0) is 70.6 Å². The maximum atomic E-state index is 12.7. The van der Waals surface area contributed by atoms with Crippen molar-refractivity contribution in [2.45, 2.75) is 102 Å². The van der Waals surface area contributed by atoms with E-state index in [0.717, 1.165) is 23.2 Å². The summed E-state index contributed by atoms with van der Waals surface area (Å²) in [6.07, 6.45) is 5.11. The van der Waals surface area contributed by atoms with Crippen molar-refractivity contribution in [1.29, 1.82) is 5.26 Å². The third-order valence-corrected chi connectivity index (χ3v) is 11.0. The molecule has 0 bridgehead atoms. The van der Waals surface area contributed by atoms with Crippen LogP contribution in [0.3, 0.4) is 0 Å². The van der Waals surface area contributed by atoms with E-state index in [9.17, 15) is 14.5 Å². The number of ether oxygens (including phenoxy) is 1. The Balaban J connectivity index is 0.000000326. The second-order valence-electron chi connectivity index (χ2n) is 15.1. The van der Waals surface area contributed by atoms with Crippen molar-refractivity contribution < 1.29 is 14.2 Å². The predicted octanol–water partition coefficient (Wildman–Crippen LogP) is 6.22. The normalized spacial score (nSPS) is 21.6. The van der Waals surface area contributed by atoms with E-state index in [1.807, 2.05) is 54.6 Å². The number of hydrogen-bond acceptors (Lipinski definition) is 9. The Morgan fingerprint density at radius 1 is 0.962 bits per heavy atom. The van der Waals surface area contributed by atoms with Crippen LogP contribution in [0.15, 0.2) is 107 Å². The maximum Gasteiger partial charge on any atom is 0.330 e. The summed E-state index contributed by atoms with van der Waals surface area (Å²) in [5, 5.41) is 12.6. The number of nitrogens with two attached hydrogens (primary N) is 1. The van der Waals surface area contributed by atoms with Crippen LogP contribution < -0.4 is 22.1 Å². The second-order valence-corrected chi connectivity index (χ2v) is 15.9. The molecule has 53 heavy (non-hydrogen) atoms. The summed E-state index contributed by atoms with van der Waals surface area (Å²) in [5.74, 6) is 0. The molecule has 5 N–H and O–H groups in total. The lowest BCUT2D eigenvalue weighted by Gasteiger charge is -2.52. The molecule has 3 heterocycles. The average Bonchev–Trinajstić information content (AvgIpc) is 3.54. The van der Waals surface area contributed by atoms with Gasteiger partial charge in [0.15, 0.2) is 0 Å². The number of aromatic nitrogens is 2. The zero-order chi connectivity index (χ0) is 38.2. The lowest BCUT2D eigenvalue weighted by Crippen LogP contribution is -2.58. The first-order valence-corrected chi connectivity index (χ1v) is 19.5. The van der Waals surface area contributed by atoms with Gasteiger partial charge in [-0.25, -0.2) is 4.79 Å². The predicted molar refractivity (Wildman–Crippen MR) is 209 cm³/mol. The number of rotatable bonds is 11. The summed E-state index contributed by atoms with van der Waals surface area (Å²) in [5.41, 5.74) is 7.75. The molecule has 2 fully saturated rings. The van der Waals surface area contributed by atoms with Gasteiger partial charge in [0.2, 0.25) is 8.53 Å². The van der Waals surface area contributed by atoms with Gasteiger partial charge in [-0.2, -0.15) is 5.26 Å². The number of hydrogen-bond donors (Lipinski definition) is 4. The van der Waals surface area contributed by atoms with Gasteiger partial charge < -0.3 is 14.2 Å². The van der Waals surface area contributed by atoms with Crippen LogP contribution >= 0.6 is 8.53 Å². The molecule has 0 amide bonds. The Kier molecular flexibility index (Phi) is 13.2. The van der Waals surface area contributed by atoms with Gasteiger partial charge in [0.05, 0.1) is 24.3 Å². The average molecular weight is 741 g/mol. The van der Waals surface area contributed by atoms with Crippen LogP contribution in [0.1, 0.15) is 88.3 Å². The van der Waals surface area contributed by atoms with E-state index in [2.05, 4.69) is 85.4 Å². The van der Waals surface area contributed by atoms with Gasteiger partial charge >= 0.3 is 5.69 Å². The van der Waals surface area contributed by atoms with Gasteiger partial charge in [0, 0.05) is 48.3 Å². The van der Waals surface area contributed by atoms with Crippen molar-refractivity contribution in [3.05, 3.63) is 140 Å². The first-order chi connectivity index (χ1) is 25.3. The maximum absolute atomic E-state index is 12.7. The highest BCUT2D eigenvalue weighted by Crippen LogP contribution is 2.41. The molecule has 0 aliphatic carbocycles. The lowest BCUT2D eigenvalue weighted by molar-refractivity contribution is -0.0251. The first kappa shape index (κ1) is 40.2. The summed E-state index contributed by atoms with van der Waals surface area (Å²) in [6, 6.07) is 32.3. The second kappa shape index (κ2) is 17.4. The number of nitrogens with one attached hydrogen (secondary N) is 2. The van der Waals surface area contributed by atoms with Crippen LogP contribution in [0.2, 0.25) is 0 Å². The zero-order valence-electron chi connectivity index (χ0n) is 31.4. The Hall–Kier alpha value is -3.98. The smallest absolute Gasteiger partial charge is 0.330 e. The third kappa shape index (κ3) is 9.40. The van der Waals surface area contributed by atoms with Crippen molar-refractivity contribution in [2.75, 3.05) is 13.2 Å². The summed E-state index contributed by atoms with van der Waals surface area (Å²) in [4.78, 5) is 39.3. The van der Waals surface area contributed by atoms with Gasteiger partial charge in [0.1, 0.15) is 6.23 Å². The molecule has 0 saturated carbocycles. The SMILES string of the molecule is CC1(C)CCCC(C)(C)N1CCC#N.Cc1cn([C@H]2C[C@H](NC(c3ccccc3)(c3ccccc3)c3ccccc3)[C@@H](COP(N)O)O2)c(=O)[nH]c1=O. The number of benzene rings is 3. The molecule has 0 spiro atoms. The van der Waals surface area contributed by atoms with Crippen LogP contribution in [0.5, 0.6) is 0 Å². The molecule has 12 heteroatoms. The highest BCUT2D eigenvalue weighted by Gasteiger charge is 2.45. The number of aryl methyl sites for hydroxylation is 1. The fourth-order valence-corrected chi connectivity index (χ4v) is 8.36. The fourth-order valence-electron chi connectivity index (χ4n) is 8.06. The summed E-state index contributed by atoms with van der Waals surface area (Å²) in [7, 11) is -2.11. The Morgan fingerprint density at radius 2 is 1.47 bits per heavy atom. The standard InChI is InChI=1S/C29H31N4O5P.C12H22N2/c1-20-18-33(28(35)31-27(20)34)26-17-24(25(38-26)19-37-39(30)36)32-29(21-11-5-2-6-12-21,22-13-7-3-8-14-22)23-15-9-4-10-16-23;1-11(2)7-5-8-12(3,4)14(11)10-6-9-13/h2-16,18,24-26,32,36H,17,19,30H2,1H3,(H,31,34,35);5-8,10H2,1-4H3/t24-,25+,26+,39?;/m0./s1. The number of H-pyrrole nitrogens is 1. The minimum Gasteiger partial charge on any atom is -0.351 e. The highest BCUT2D eigenvalue weighted by atomic mass is 31.2. The monoisotopic (exact) mass is 740 g/mol. The number of nitriles is 1. The molecule has 3 aromatic carbocycles. The largest absolute Gasteiger partial charge is 0.351 e. The molecule has 11 nitrogen and oxygen atoms in total. The van der Waals surface area contributed by atoms with E-state index in [1.165, 1.54) is 30.0 Å². The minimum atomic E-state index is -2.11. The van der Waals surface area contributed by atoms with Gasteiger partial charge in [-0.1, -0.05) is 91.0 Å². The molecule has 1 unspecified atom stereocenters. The van der Waals surface area contributed by atoms with E-state index in [4.69, 9.17) is 20.0 Å². The minimum absolute atomic E-state index is 0.0123. The van der Waals surface area contributed by atoms with Crippen molar-refractivity contribution in [2.24, 2.45) is 5.50 Å². The summed E-state index contributed by atoms with van der Waals surface area (Å²) in [6.45, 7) is 11.8. The van der Waals surface area contributed by atoms with E-state index >= 15 is 0 Å². The Bertz CT molecular complexity index is 1810. The van der Waals surface area contributed by atoms with Crippen molar-refractivity contribution in [3.8, 4) is 6.07 Å². The molecule has 1 aromatic heterocycles. The lowest BCUT2D eigenvalue weighted by atomic mass is 9.76. The summed E-state index contributed by atoms with van der Waals surface area (Å²) < 4.78 is 13.2. The molecule has 2 aliphatic rings. The molecule has 6 rings (SSSR count). The Labute approximate surface area is 313 Å². The molecule has 2 aliphatic heterocycles. The summed E-state index contributed by atoms with van der Waals surface area (Å²) >= 11 is 0. The van der Waals surface area contributed by atoms with Gasteiger partial charge in [-0.15, -0.1) is 0 Å². The fraction of sp³-hybridized carbons (Fsp3) is 0.439. The van der Waals surface area contributed by atoms with E-state index in [-0.39, 0.29) is 23.7 Å². The van der Waals surface area contributed by atoms with Crippen LogP contribution in [-0.2, 0) is 14.8 Å². The van der Waals surface area contributed by atoms with Gasteiger partial charge in [0.25, 0.3) is 5.56 Å². The molecular weight excluding hydrogens is 687 g/mol. The third-order valence-electron chi connectivity index (χ3n) is 10.6.